The molecule has 0 radical (unpaired) electrons. The number of rotatable bonds is 7. The number of hydrogen-bond donors (Lipinski definition) is 2. The van der Waals surface area contributed by atoms with E-state index in [0.29, 0.717) is 18.7 Å². The van der Waals surface area contributed by atoms with Gasteiger partial charge in [0.15, 0.2) is 0 Å². The summed E-state index contributed by atoms with van der Waals surface area (Å²) in [6, 6.07) is 16.8. The van der Waals surface area contributed by atoms with Gasteiger partial charge < -0.3 is 10.2 Å². The minimum Gasteiger partial charge on any atom is -0.334 e. The van der Waals surface area contributed by atoms with Crippen molar-refractivity contribution in [1.29, 1.82) is 0 Å². The Balaban J connectivity index is 1.85. The van der Waals surface area contributed by atoms with Gasteiger partial charge in [-0.2, -0.15) is 0 Å². The molecule has 0 aromatic heterocycles. The summed E-state index contributed by atoms with van der Waals surface area (Å²) >= 11 is 0. The van der Waals surface area contributed by atoms with E-state index >= 15 is 0 Å². The molecule has 7 heteroatoms. The van der Waals surface area contributed by atoms with Gasteiger partial charge >= 0.3 is 6.03 Å². The number of benzene rings is 2. The minimum absolute atomic E-state index is 0.0596. The molecular weight excluding hydrogens is 338 g/mol. The molecule has 134 valence electrons. The number of urea groups is 1. The number of amides is 2. The lowest BCUT2D eigenvalue weighted by Crippen LogP contribution is -2.36. The fraction of sp³-hybridized carbons (Fsp3) is 0.278. The summed E-state index contributed by atoms with van der Waals surface area (Å²) in [5.74, 6) is -0.0596. The molecule has 6 nitrogen and oxygen atoms in total. The van der Waals surface area contributed by atoms with Gasteiger partial charge in [-0.25, -0.2) is 17.9 Å². The van der Waals surface area contributed by atoms with Gasteiger partial charge in [-0.3, -0.25) is 0 Å². The summed E-state index contributed by atoms with van der Waals surface area (Å²) in [6.45, 7) is 0.921. The molecule has 0 aliphatic heterocycles. The van der Waals surface area contributed by atoms with Gasteiger partial charge in [-0.1, -0.05) is 54.6 Å². The maximum Gasteiger partial charge on any atom is 0.317 e. The van der Waals surface area contributed by atoms with Crippen molar-refractivity contribution < 1.29 is 13.2 Å². The summed E-state index contributed by atoms with van der Waals surface area (Å²) in [5, 5.41) is 2.85. The van der Waals surface area contributed by atoms with Crippen LogP contribution in [0.2, 0.25) is 0 Å². The third-order valence-electron chi connectivity index (χ3n) is 3.74. The van der Waals surface area contributed by atoms with Crippen molar-refractivity contribution in [3.05, 3.63) is 71.3 Å². The zero-order chi connectivity index (χ0) is 18.3. The van der Waals surface area contributed by atoms with E-state index in [1.165, 1.54) is 7.05 Å². The lowest BCUT2D eigenvalue weighted by Gasteiger charge is -2.18. The predicted molar refractivity (Wildman–Crippen MR) is 98.3 cm³/mol. The topological polar surface area (TPSA) is 78.5 Å². The van der Waals surface area contributed by atoms with Crippen LogP contribution in [0.3, 0.4) is 0 Å². The van der Waals surface area contributed by atoms with Gasteiger partial charge in [0.1, 0.15) is 0 Å². The smallest absolute Gasteiger partial charge is 0.317 e. The highest BCUT2D eigenvalue weighted by Crippen LogP contribution is 2.08. The van der Waals surface area contributed by atoms with Crippen molar-refractivity contribution in [2.45, 2.75) is 18.8 Å². The van der Waals surface area contributed by atoms with Crippen molar-refractivity contribution in [2.75, 3.05) is 14.1 Å². The first-order chi connectivity index (χ1) is 11.9. The Labute approximate surface area is 148 Å². The van der Waals surface area contributed by atoms with Crippen LogP contribution in [0.5, 0.6) is 0 Å². The Morgan fingerprint density at radius 3 is 2.16 bits per heavy atom. The van der Waals surface area contributed by atoms with Gasteiger partial charge in [-0.15, -0.1) is 0 Å². The van der Waals surface area contributed by atoms with Crippen molar-refractivity contribution in [2.24, 2.45) is 0 Å². The quantitative estimate of drug-likeness (QED) is 0.792. The van der Waals surface area contributed by atoms with Gasteiger partial charge in [-0.05, 0) is 23.7 Å². The summed E-state index contributed by atoms with van der Waals surface area (Å²) in [6.07, 6.45) is 0. The first kappa shape index (κ1) is 19.0. The standard InChI is InChI=1S/C18H23N3O3S/c1-19-25(23,24)14-17-10-8-15(9-11-17)12-20-18(22)21(2)13-16-6-4-3-5-7-16/h3-11,19H,12-14H2,1-2H3,(H,20,22). The molecule has 0 bridgehead atoms. The van der Waals surface area contributed by atoms with E-state index in [1.807, 2.05) is 42.5 Å². The summed E-state index contributed by atoms with van der Waals surface area (Å²) < 4.78 is 25.3. The fourth-order valence-corrected chi connectivity index (χ4v) is 3.06. The highest BCUT2D eigenvalue weighted by Gasteiger charge is 2.10. The van der Waals surface area contributed by atoms with Crippen LogP contribution < -0.4 is 10.0 Å². The Morgan fingerprint density at radius 1 is 0.960 bits per heavy atom. The van der Waals surface area contributed by atoms with E-state index in [4.69, 9.17) is 0 Å². The molecule has 2 amide bonds. The number of hydrogen-bond acceptors (Lipinski definition) is 3. The van der Waals surface area contributed by atoms with Crippen LogP contribution in [-0.4, -0.2) is 33.4 Å². The van der Waals surface area contributed by atoms with E-state index in [1.54, 1.807) is 24.1 Å². The second-order valence-electron chi connectivity index (χ2n) is 5.78. The Hall–Kier alpha value is -2.38. The third kappa shape index (κ3) is 6.21. The first-order valence-corrected chi connectivity index (χ1v) is 9.57. The molecule has 2 aromatic rings. The molecular formula is C18H23N3O3S. The van der Waals surface area contributed by atoms with Crippen LogP contribution in [0, 0.1) is 0 Å². The highest BCUT2D eigenvalue weighted by atomic mass is 32.2. The molecule has 0 unspecified atom stereocenters. The van der Waals surface area contributed by atoms with E-state index < -0.39 is 10.0 Å². The largest absolute Gasteiger partial charge is 0.334 e. The number of carbonyl (C=O) groups is 1. The van der Waals surface area contributed by atoms with Crippen LogP contribution in [0.15, 0.2) is 54.6 Å². The Bertz CT molecular complexity index is 790. The molecule has 0 spiro atoms. The summed E-state index contributed by atoms with van der Waals surface area (Å²) in [4.78, 5) is 13.8. The molecule has 0 atom stereocenters. The van der Waals surface area contributed by atoms with Crippen LogP contribution in [0.25, 0.3) is 0 Å². The van der Waals surface area contributed by atoms with Crippen molar-refractivity contribution in [3.63, 3.8) is 0 Å². The van der Waals surface area contributed by atoms with Gasteiger partial charge in [0.2, 0.25) is 10.0 Å². The number of nitrogens with one attached hydrogen (secondary N) is 2. The van der Waals surface area contributed by atoms with Crippen LogP contribution in [-0.2, 0) is 28.9 Å². The molecule has 25 heavy (non-hydrogen) atoms. The molecule has 2 N–H and O–H groups in total. The van der Waals surface area contributed by atoms with Crippen molar-refractivity contribution in [3.8, 4) is 0 Å². The second kappa shape index (κ2) is 8.64. The zero-order valence-electron chi connectivity index (χ0n) is 14.4. The first-order valence-electron chi connectivity index (χ1n) is 7.91. The predicted octanol–water partition coefficient (Wildman–Crippen LogP) is 2.08. The lowest BCUT2D eigenvalue weighted by atomic mass is 10.1. The summed E-state index contributed by atoms with van der Waals surface area (Å²) in [5.41, 5.74) is 2.67. The molecule has 2 aromatic carbocycles. The van der Waals surface area contributed by atoms with E-state index in [-0.39, 0.29) is 11.8 Å². The molecule has 0 saturated carbocycles. The second-order valence-corrected chi connectivity index (χ2v) is 7.71. The Morgan fingerprint density at radius 2 is 1.56 bits per heavy atom. The molecule has 0 fully saturated rings. The van der Waals surface area contributed by atoms with Crippen LogP contribution in [0.1, 0.15) is 16.7 Å². The van der Waals surface area contributed by atoms with E-state index in [9.17, 15) is 13.2 Å². The summed E-state index contributed by atoms with van der Waals surface area (Å²) in [7, 11) is -0.140. The van der Waals surface area contributed by atoms with Crippen molar-refractivity contribution in [1.82, 2.24) is 14.9 Å². The molecule has 2 rings (SSSR count). The normalized spacial score (nSPS) is 11.1. The number of carbonyl (C=O) groups excluding carboxylic acids is 1. The number of nitrogens with zero attached hydrogens (tertiary/aromatic N) is 1. The maximum atomic E-state index is 12.1. The molecule has 0 heterocycles. The van der Waals surface area contributed by atoms with Gasteiger partial charge in [0.05, 0.1) is 5.75 Å². The average molecular weight is 361 g/mol. The molecule has 0 aliphatic rings. The lowest BCUT2D eigenvalue weighted by molar-refractivity contribution is 0.206. The van der Waals surface area contributed by atoms with Gasteiger partial charge in [0, 0.05) is 20.1 Å². The van der Waals surface area contributed by atoms with E-state index in [2.05, 4.69) is 10.0 Å². The van der Waals surface area contributed by atoms with Gasteiger partial charge in [0.25, 0.3) is 0 Å². The average Bonchev–Trinajstić information content (AvgIpc) is 2.61. The monoisotopic (exact) mass is 361 g/mol. The minimum atomic E-state index is -3.28. The fourth-order valence-electron chi connectivity index (χ4n) is 2.29. The Kier molecular flexibility index (Phi) is 6.55. The molecule has 0 saturated heterocycles. The zero-order valence-corrected chi connectivity index (χ0v) is 15.2. The van der Waals surface area contributed by atoms with Crippen LogP contribution >= 0.6 is 0 Å². The number of sulfonamides is 1. The van der Waals surface area contributed by atoms with Crippen molar-refractivity contribution >= 4 is 16.1 Å². The SMILES string of the molecule is CNS(=O)(=O)Cc1ccc(CNC(=O)N(C)Cc2ccccc2)cc1. The molecule has 0 aliphatic carbocycles. The highest BCUT2D eigenvalue weighted by molar-refractivity contribution is 7.88. The van der Waals surface area contributed by atoms with Crippen LogP contribution in [0.4, 0.5) is 4.79 Å². The third-order valence-corrected chi connectivity index (χ3v) is 5.08. The maximum absolute atomic E-state index is 12.1. The van der Waals surface area contributed by atoms with E-state index in [0.717, 1.165) is 11.1 Å².